The number of nitrogens with two attached hydrogens (primary N) is 1. The number of hydrogen-bond acceptors (Lipinski definition) is 3. The second-order valence-corrected chi connectivity index (χ2v) is 5.27. The number of hydrogen-bond donors (Lipinski definition) is 1. The van der Waals surface area contributed by atoms with Crippen molar-refractivity contribution < 1.29 is 9.53 Å². The molecule has 2 N–H and O–H groups in total. The molecule has 1 aromatic carbocycles. The molecule has 0 aromatic heterocycles. The summed E-state index contributed by atoms with van der Waals surface area (Å²) < 4.78 is 5.66. The Morgan fingerprint density at radius 3 is 2.82 bits per heavy atom. The lowest BCUT2D eigenvalue weighted by atomic mass is 9.93. The summed E-state index contributed by atoms with van der Waals surface area (Å²) in [5, 5.41) is 0. The van der Waals surface area contributed by atoms with Gasteiger partial charge < -0.3 is 15.4 Å². The molecule has 2 aliphatic rings. The zero-order chi connectivity index (χ0) is 12.0. The average Bonchev–Trinajstić information content (AvgIpc) is 2.68. The Hall–Kier alpha value is -1.55. The van der Waals surface area contributed by atoms with Crippen LogP contribution in [0.2, 0.25) is 0 Å². The molecule has 0 radical (unpaired) electrons. The Morgan fingerprint density at radius 2 is 2.18 bits per heavy atom. The van der Waals surface area contributed by atoms with Gasteiger partial charge in [-0.1, -0.05) is 18.2 Å². The van der Waals surface area contributed by atoms with Gasteiger partial charge in [0.2, 0.25) is 0 Å². The van der Waals surface area contributed by atoms with E-state index in [-0.39, 0.29) is 17.6 Å². The van der Waals surface area contributed by atoms with Crippen LogP contribution < -0.4 is 10.5 Å². The molecule has 1 atom stereocenters. The molecule has 1 saturated heterocycles. The standard InChI is InChI=1S/C13H16N2O2/c1-13(14)7-15(8-13)12(16)11-6-9-4-2-3-5-10(9)17-11/h2-5,11H,6-8,14H2,1H3. The maximum atomic E-state index is 12.1. The summed E-state index contributed by atoms with van der Waals surface area (Å²) in [4.78, 5) is 13.9. The van der Waals surface area contributed by atoms with Crippen molar-refractivity contribution >= 4 is 5.91 Å². The van der Waals surface area contributed by atoms with Gasteiger partial charge in [-0.15, -0.1) is 0 Å². The van der Waals surface area contributed by atoms with E-state index in [0.717, 1.165) is 11.3 Å². The molecule has 0 aliphatic carbocycles. The molecule has 3 rings (SSSR count). The zero-order valence-electron chi connectivity index (χ0n) is 9.85. The van der Waals surface area contributed by atoms with Crippen molar-refractivity contribution in [3.8, 4) is 5.75 Å². The number of para-hydroxylation sites is 1. The van der Waals surface area contributed by atoms with Gasteiger partial charge in [-0.3, -0.25) is 4.79 Å². The molecular formula is C13H16N2O2. The SMILES string of the molecule is CC1(N)CN(C(=O)C2Cc3ccccc3O2)C1. The first-order valence-electron chi connectivity index (χ1n) is 5.87. The van der Waals surface area contributed by atoms with Gasteiger partial charge in [0.15, 0.2) is 6.10 Å². The number of ether oxygens (including phenoxy) is 1. The molecule has 1 aromatic rings. The van der Waals surface area contributed by atoms with Crippen LogP contribution in [0.1, 0.15) is 12.5 Å². The summed E-state index contributed by atoms with van der Waals surface area (Å²) in [5.41, 5.74) is 6.79. The fourth-order valence-corrected chi connectivity index (χ4v) is 2.51. The molecule has 0 spiro atoms. The molecular weight excluding hydrogens is 216 g/mol. The molecule has 90 valence electrons. The summed E-state index contributed by atoms with van der Waals surface area (Å²) in [6, 6.07) is 7.81. The Bertz CT molecular complexity index is 437. The van der Waals surface area contributed by atoms with Crippen LogP contribution in [0.4, 0.5) is 0 Å². The smallest absolute Gasteiger partial charge is 0.264 e. The number of amides is 1. The Morgan fingerprint density at radius 1 is 1.47 bits per heavy atom. The van der Waals surface area contributed by atoms with E-state index >= 15 is 0 Å². The van der Waals surface area contributed by atoms with Crippen molar-refractivity contribution in [1.82, 2.24) is 4.90 Å². The highest BCUT2D eigenvalue weighted by Gasteiger charge is 2.42. The van der Waals surface area contributed by atoms with Crippen LogP contribution in [0.15, 0.2) is 24.3 Å². The lowest BCUT2D eigenvalue weighted by Crippen LogP contribution is -2.68. The highest BCUT2D eigenvalue weighted by molar-refractivity contribution is 5.83. The predicted octanol–water partition coefficient (Wildman–Crippen LogP) is 0.550. The van der Waals surface area contributed by atoms with E-state index < -0.39 is 0 Å². The van der Waals surface area contributed by atoms with Crippen molar-refractivity contribution in [2.75, 3.05) is 13.1 Å². The largest absolute Gasteiger partial charge is 0.480 e. The number of benzene rings is 1. The van der Waals surface area contributed by atoms with E-state index in [9.17, 15) is 4.79 Å². The van der Waals surface area contributed by atoms with Crippen molar-refractivity contribution in [2.45, 2.75) is 25.0 Å². The fraction of sp³-hybridized carbons (Fsp3) is 0.462. The van der Waals surface area contributed by atoms with Gasteiger partial charge in [0.1, 0.15) is 5.75 Å². The van der Waals surface area contributed by atoms with Gasteiger partial charge >= 0.3 is 0 Å². The van der Waals surface area contributed by atoms with Crippen molar-refractivity contribution in [3.05, 3.63) is 29.8 Å². The molecule has 17 heavy (non-hydrogen) atoms. The number of likely N-dealkylation sites (tertiary alicyclic amines) is 1. The van der Waals surface area contributed by atoms with Gasteiger partial charge in [-0.25, -0.2) is 0 Å². The van der Waals surface area contributed by atoms with Gasteiger partial charge in [0.25, 0.3) is 5.91 Å². The normalized spacial score (nSPS) is 24.8. The summed E-state index contributed by atoms with van der Waals surface area (Å²) in [6.07, 6.45) is 0.316. The quantitative estimate of drug-likeness (QED) is 0.769. The molecule has 1 fully saturated rings. The first kappa shape index (κ1) is 10.6. The molecule has 0 bridgehead atoms. The number of fused-ring (bicyclic) bond motifs is 1. The molecule has 1 unspecified atom stereocenters. The van der Waals surface area contributed by atoms with Crippen molar-refractivity contribution in [1.29, 1.82) is 0 Å². The monoisotopic (exact) mass is 232 g/mol. The third-order valence-corrected chi connectivity index (χ3v) is 3.34. The number of nitrogens with zero attached hydrogens (tertiary/aromatic N) is 1. The average molecular weight is 232 g/mol. The van der Waals surface area contributed by atoms with Crippen LogP contribution >= 0.6 is 0 Å². The molecule has 1 amide bonds. The van der Waals surface area contributed by atoms with Gasteiger partial charge in [-0.05, 0) is 18.6 Å². The van der Waals surface area contributed by atoms with Crippen LogP contribution in [0.3, 0.4) is 0 Å². The molecule has 4 heteroatoms. The van der Waals surface area contributed by atoms with Crippen LogP contribution in [0, 0.1) is 0 Å². The minimum atomic E-state index is -0.358. The lowest BCUT2D eigenvalue weighted by Gasteiger charge is -2.46. The molecule has 2 aliphatic heterocycles. The molecule has 2 heterocycles. The Labute approximate surface area is 100 Å². The number of carbonyl (C=O) groups excluding carboxylic acids is 1. The first-order chi connectivity index (χ1) is 8.05. The van der Waals surface area contributed by atoms with E-state index in [1.165, 1.54) is 0 Å². The summed E-state index contributed by atoms with van der Waals surface area (Å²) in [7, 11) is 0. The third-order valence-electron chi connectivity index (χ3n) is 3.34. The van der Waals surface area contributed by atoms with E-state index in [0.29, 0.717) is 19.5 Å². The van der Waals surface area contributed by atoms with Gasteiger partial charge in [0, 0.05) is 25.0 Å². The fourth-order valence-electron chi connectivity index (χ4n) is 2.51. The van der Waals surface area contributed by atoms with Crippen LogP contribution in [-0.2, 0) is 11.2 Å². The minimum absolute atomic E-state index is 0.0594. The lowest BCUT2D eigenvalue weighted by molar-refractivity contribution is -0.145. The van der Waals surface area contributed by atoms with Gasteiger partial charge in [-0.2, -0.15) is 0 Å². The number of carbonyl (C=O) groups is 1. The van der Waals surface area contributed by atoms with E-state index in [4.69, 9.17) is 10.5 Å². The zero-order valence-corrected chi connectivity index (χ0v) is 9.85. The maximum Gasteiger partial charge on any atom is 0.264 e. The molecule has 4 nitrogen and oxygen atoms in total. The van der Waals surface area contributed by atoms with Crippen molar-refractivity contribution in [3.63, 3.8) is 0 Å². The first-order valence-corrected chi connectivity index (χ1v) is 5.87. The Balaban J connectivity index is 1.67. The summed E-state index contributed by atoms with van der Waals surface area (Å²) in [6.45, 7) is 3.21. The third kappa shape index (κ3) is 1.78. The van der Waals surface area contributed by atoms with Gasteiger partial charge in [0.05, 0.1) is 0 Å². The van der Waals surface area contributed by atoms with Crippen LogP contribution in [-0.4, -0.2) is 35.5 Å². The Kier molecular flexibility index (Phi) is 2.16. The highest BCUT2D eigenvalue weighted by Crippen LogP contribution is 2.30. The second-order valence-electron chi connectivity index (χ2n) is 5.27. The predicted molar refractivity (Wildman–Crippen MR) is 63.7 cm³/mol. The minimum Gasteiger partial charge on any atom is -0.480 e. The van der Waals surface area contributed by atoms with Crippen LogP contribution in [0.25, 0.3) is 0 Å². The van der Waals surface area contributed by atoms with E-state index in [2.05, 4.69) is 0 Å². The van der Waals surface area contributed by atoms with Crippen molar-refractivity contribution in [2.24, 2.45) is 5.73 Å². The number of rotatable bonds is 1. The van der Waals surface area contributed by atoms with Crippen LogP contribution in [0.5, 0.6) is 5.75 Å². The topological polar surface area (TPSA) is 55.6 Å². The van der Waals surface area contributed by atoms with E-state index in [1.807, 2.05) is 31.2 Å². The summed E-state index contributed by atoms with van der Waals surface area (Å²) >= 11 is 0. The maximum absolute atomic E-state index is 12.1. The summed E-state index contributed by atoms with van der Waals surface area (Å²) in [5.74, 6) is 0.894. The van der Waals surface area contributed by atoms with E-state index in [1.54, 1.807) is 4.90 Å². The second kappa shape index (κ2) is 3.47. The molecule has 0 saturated carbocycles. The highest BCUT2D eigenvalue weighted by atomic mass is 16.5.